The Morgan fingerprint density at radius 2 is 1.17 bits per heavy atom. The lowest BCUT2D eigenvalue weighted by Crippen LogP contribution is -2.64. The van der Waals surface area contributed by atoms with E-state index in [-0.39, 0.29) is 50.7 Å². The van der Waals surface area contributed by atoms with Crippen LogP contribution in [0.1, 0.15) is 57.8 Å². The van der Waals surface area contributed by atoms with Gasteiger partial charge < -0.3 is 109 Å². The normalized spacial score (nSPS) is 50.5. The molecule has 22 atom stereocenters. The van der Waals surface area contributed by atoms with Gasteiger partial charge in [0.25, 0.3) is 0 Å². The van der Waals surface area contributed by atoms with E-state index in [0.29, 0.717) is 25.7 Å². The van der Waals surface area contributed by atoms with Crippen LogP contribution in [0.25, 0.3) is 0 Å². The summed E-state index contributed by atoms with van der Waals surface area (Å²) in [4.78, 5) is 12.5. The lowest BCUT2D eigenvalue weighted by molar-refractivity contribution is -0.350. The highest BCUT2D eigenvalue weighted by Gasteiger charge is 2.55. The molecule has 23 nitrogen and oxygen atoms in total. The van der Waals surface area contributed by atoms with Crippen molar-refractivity contribution in [2.24, 2.45) is 17.8 Å². The zero-order valence-electron chi connectivity index (χ0n) is 37.0. The molecule has 0 spiro atoms. The van der Waals surface area contributed by atoms with Gasteiger partial charge in [0.05, 0.1) is 68.7 Å². The van der Waals surface area contributed by atoms with Crippen molar-refractivity contribution < 1.29 is 113 Å². The number of hydrogen-bond donors (Lipinski definition) is 12. The third-order valence-electron chi connectivity index (χ3n) is 14.6. The SMILES string of the molecule is COC1CC(C2OC3CC(O)CC(OC4OC(CO)C(O)C(O)C4O)C3CC2OC2OC(COC3OCC(OC(=O)C=CC4CCC(O)CC4)C(O)C3O)C(O)C(O)C2O)CC(OC)C1O. The molecular weight excluding hydrogens is 884 g/mol. The summed E-state index contributed by atoms with van der Waals surface area (Å²) in [5.74, 6) is -1.69. The van der Waals surface area contributed by atoms with E-state index < -0.39 is 166 Å². The van der Waals surface area contributed by atoms with Gasteiger partial charge in [-0.25, -0.2) is 4.79 Å². The molecule has 7 aliphatic rings. The van der Waals surface area contributed by atoms with Gasteiger partial charge in [-0.2, -0.15) is 0 Å². The first-order valence-electron chi connectivity index (χ1n) is 23.1. The van der Waals surface area contributed by atoms with Crippen LogP contribution in [-0.4, -0.2) is 242 Å². The number of rotatable bonds is 14. The number of esters is 1. The van der Waals surface area contributed by atoms with Gasteiger partial charge in [-0.3, -0.25) is 0 Å². The average molecular weight is 955 g/mol. The van der Waals surface area contributed by atoms with Crippen LogP contribution in [0.2, 0.25) is 0 Å². The number of aliphatic hydroxyl groups is 12. The highest BCUT2D eigenvalue weighted by atomic mass is 16.7. The van der Waals surface area contributed by atoms with Crippen LogP contribution in [0.15, 0.2) is 12.2 Å². The van der Waals surface area contributed by atoms with E-state index >= 15 is 0 Å². The van der Waals surface area contributed by atoms with Crippen molar-refractivity contribution in [3.8, 4) is 0 Å². The molecule has 22 unspecified atom stereocenters. The largest absolute Gasteiger partial charge is 0.454 e. The fourth-order valence-corrected chi connectivity index (χ4v) is 10.6. The number of fused-ring (bicyclic) bond motifs is 1. The summed E-state index contributed by atoms with van der Waals surface area (Å²) in [5.41, 5.74) is 0. The van der Waals surface area contributed by atoms with E-state index in [1.165, 1.54) is 20.3 Å². The Morgan fingerprint density at radius 3 is 1.79 bits per heavy atom. The number of allylic oxidation sites excluding steroid dienone is 1. The molecule has 3 aliphatic carbocycles. The van der Waals surface area contributed by atoms with Gasteiger partial charge in [0.1, 0.15) is 67.1 Å². The van der Waals surface area contributed by atoms with Crippen LogP contribution in [0.3, 0.4) is 0 Å². The topological polar surface area (TPSA) is 352 Å². The molecule has 7 rings (SSSR count). The second-order valence-electron chi connectivity index (χ2n) is 18.9. The number of carbonyl (C=O) groups is 1. The predicted octanol–water partition coefficient (Wildman–Crippen LogP) is -4.79. The number of hydrogen-bond acceptors (Lipinski definition) is 23. The summed E-state index contributed by atoms with van der Waals surface area (Å²) in [5, 5.41) is 128. The summed E-state index contributed by atoms with van der Waals surface area (Å²) in [6.45, 7) is -1.62. The van der Waals surface area contributed by atoms with E-state index in [9.17, 15) is 66.1 Å². The molecular formula is C43H70O23. The lowest BCUT2D eigenvalue weighted by atomic mass is 9.72. The Labute approximate surface area is 381 Å². The molecule has 0 radical (unpaired) electrons. The molecule has 0 amide bonds. The average Bonchev–Trinajstić information content (AvgIpc) is 3.30. The van der Waals surface area contributed by atoms with E-state index in [4.69, 9.17) is 47.4 Å². The third-order valence-corrected chi connectivity index (χ3v) is 14.6. The second kappa shape index (κ2) is 23.1. The van der Waals surface area contributed by atoms with Crippen LogP contribution in [0.5, 0.6) is 0 Å². The molecule has 7 fully saturated rings. The van der Waals surface area contributed by atoms with Crippen molar-refractivity contribution >= 4 is 5.97 Å². The summed E-state index contributed by atoms with van der Waals surface area (Å²) >= 11 is 0. The Bertz CT molecular complexity index is 1540. The fraction of sp³-hybridized carbons (Fsp3) is 0.930. The van der Waals surface area contributed by atoms with Crippen molar-refractivity contribution in [1.29, 1.82) is 0 Å². The van der Waals surface area contributed by atoms with Crippen molar-refractivity contribution in [3.05, 3.63) is 12.2 Å². The summed E-state index contributed by atoms with van der Waals surface area (Å²) in [6, 6.07) is 0. The maximum atomic E-state index is 12.5. The molecule has 23 heteroatoms. The number of aliphatic hydroxyl groups excluding tert-OH is 12. The molecule has 0 aromatic heterocycles. The molecule has 4 aliphatic heterocycles. The number of methoxy groups -OCH3 is 2. The van der Waals surface area contributed by atoms with Crippen molar-refractivity contribution in [2.75, 3.05) is 34.0 Å². The van der Waals surface area contributed by atoms with Gasteiger partial charge in [-0.1, -0.05) is 6.08 Å². The Hall–Kier alpha value is -1.63. The molecule has 4 saturated heterocycles. The molecule has 4 heterocycles. The van der Waals surface area contributed by atoms with Gasteiger partial charge in [0.15, 0.2) is 25.0 Å². The van der Waals surface area contributed by atoms with Crippen LogP contribution in [0.4, 0.5) is 0 Å². The summed E-state index contributed by atoms with van der Waals surface area (Å²) < 4.78 is 59.0. The Balaban J connectivity index is 1.03. The van der Waals surface area contributed by atoms with Crippen LogP contribution >= 0.6 is 0 Å². The monoisotopic (exact) mass is 954 g/mol. The van der Waals surface area contributed by atoms with Crippen molar-refractivity contribution in [1.82, 2.24) is 0 Å². The fourth-order valence-electron chi connectivity index (χ4n) is 10.6. The molecule has 0 aromatic rings. The number of carbonyl (C=O) groups excluding carboxylic acids is 1. The zero-order valence-corrected chi connectivity index (χ0v) is 37.0. The highest BCUT2D eigenvalue weighted by molar-refractivity contribution is 5.82. The van der Waals surface area contributed by atoms with Crippen molar-refractivity contribution in [3.63, 3.8) is 0 Å². The number of ether oxygens (including phenoxy) is 10. The molecule has 66 heavy (non-hydrogen) atoms. The Morgan fingerprint density at radius 1 is 0.576 bits per heavy atom. The molecule has 12 N–H and O–H groups in total. The summed E-state index contributed by atoms with van der Waals surface area (Å²) in [7, 11) is 2.90. The second-order valence-corrected chi connectivity index (χ2v) is 18.9. The predicted molar refractivity (Wildman–Crippen MR) is 217 cm³/mol. The highest BCUT2D eigenvalue weighted by Crippen LogP contribution is 2.45. The molecule has 0 bridgehead atoms. The first-order chi connectivity index (χ1) is 31.5. The minimum atomic E-state index is -1.85. The lowest BCUT2D eigenvalue weighted by Gasteiger charge is -2.53. The minimum absolute atomic E-state index is 0.0216. The zero-order chi connectivity index (χ0) is 47.6. The van der Waals surface area contributed by atoms with Gasteiger partial charge in [0, 0.05) is 32.6 Å². The van der Waals surface area contributed by atoms with Gasteiger partial charge in [-0.15, -0.1) is 0 Å². The minimum Gasteiger partial charge on any atom is -0.454 e. The smallest absolute Gasteiger partial charge is 0.330 e. The van der Waals surface area contributed by atoms with E-state index in [1.54, 1.807) is 6.08 Å². The van der Waals surface area contributed by atoms with E-state index in [2.05, 4.69) is 0 Å². The maximum Gasteiger partial charge on any atom is 0.330 e. The standard InChI is InChI=1S/C43H70O23/c1-57-24-9-18(10-25(58-2)31(24)48)40-26(13-21-22(62-40)11-20(46)12-23(21)63-42-38(55)35(52)32(49)27(14-44)65-42)64-43-39(56)36(53)33(50)29(66-43)16-60-41-37(54)34(51)28(15-59-41)61-30(47)8-5-17-3-6-19(45)7-4-17/h5,8,17-29,31-46,48-56H,3-4,6-7,9-16H2,1-2H3. The third kappa shape index (κ3) is 11.8. The Kier molecular flexibility index (Phi) is 18.2. The van der Waals surface area contributed by atoms with Crippen LogP contribution < -0.4 is 0 Å². The van der Waals surface area contributed by atoms with Gasteiger partial charge in [0.2, 0.25) is 0 Å². The summed E-state index contributed by atoms with van der Waals surface area (Å²) in [6.07, 6.45) is -23.1. The van der Waals surface area contributed by atoms with Gasteiger partial charge in [-0.05, 0) is 63.2 Å². The van der Waals surface area contributed by atoms with E-state index in [1.807, 2.05) is 0 Å². The van der Waals surface area contributed by atoms with Crippen molar-refractivity contribution in [2.45, 2.75) is 199 Å². The van der Waals surface area contributed by atoms with Gasteiger partial charge >= 0.3 is 5.97 Å². The van der Waals surface area contributed by atoms with E-state index in [0.717, 1.165) is 0 Å². The quantitative estimate of drug-likeness (QED) is 0.0574. The molecule has 380 valence electrons. The molecule has 0 aromatic carbocycles. The van der Waals surface area contributed by atoms with Crippen LogP contribution in [-0.2, 0) is 52.2 Å². The van der Waals surface area contributed by atoms with Crippen LogP contribution in [0, 0.1) is 17.8 Å². The first-order valence-corrected chi connectivity index (χ1v) is 23.1. The first kappa shape index (κ1) is 52.2. The molecule has 3 saturated carbocycles. The maximum absolute atomic E-state index is 12.5.